The van der Waals surface area contributed by atoms with Crippen LogP contribution in [0.25, 0.3) is 110 Å². The van der Waals surface area contributed by atoms with Crippen LogP contribution in [-0.2, 0) is 0 Å². The lowest BCUT2D eigenvalue weighted by Gasteiger charge is -2.24. The molecule has 1 heterocycles. The molecule has 0 bridgehead atoms. The van der Waals surface area contributed by atoms with Crippen molar-refractivity contribution in [2.45, 2.75) is 0 Å². The number of hydrogen-bond acceptors (Lipinski definition) is 1. The zero-order valence-corrected chi connectivity index (χ0v) is 33.5. The van der Waals surface area contributed by atoms with Crippen LogP contribution in [0.2, 0.25) is 0 Å². The molecule has 266 valence electrons. The molecule has 1 aromatic heterocycles. The summed E-state index contributed by atoms with van der Waals surface area (Å²) in [5, 5.41) is 12.5. The second-order valence-electron chi connectivity index (χ2n) is 16.1. The molecule has 0 spiro atoms. The molecular formula is C52H37B5O. The Morgan fingerprint density at radius 2 is 0.759 bits per heavy atom. The van der Waals surface area contributed by atoms with Crippen molar-refractivity contribution in [3.63, 3.8) is 0 Å². The summed E-state index contributed by atoms with van der Waals surface area (Å²) in [5.74, 6) is 0. The van der Waals surface area contributed by atoms with E-state index in [4.69, 9.17) is 4.42 Å². The van der Waals surface area contributed by atoms with Crippen LogP contribution in [0, 0.1) is 0 Å². The molecule has 0 unspecified atom stereocenters. The molecule has 0 fully saturated rings. The Hall–Kier alpha value is -6.64. The molecule has 0 radical (unpaired) electrons. The number of furan rings is 1. The van der Waals surface area contributed by atoms with E-state index in [1.54, 1.807) is 0 Å². The first-order valence-corrected chi connectivity index (χ1v) is 20.3. The van der Waals surface area contributed by atoms with Crippen LogP contribution in [-0.4, -0.2) is 39.2 Å². The van der Waals surface area contributed by atoms with E-state index < -0.39 is 0 Å². The van der Waals surface area contributed by atoms with E-state index in [0.717, 1.165) is 21.9 Å². The van der Waals surface area contributed by atoms with Crippen molar-refractivity contribution in [1.82, 2.24) is 0 Å². The summed E-state index contributed by atoms with van der Waals surface area (Å²) in [6.45, 7) is 0. The molecule has 11 aromatic rings. The minimum atomic E-state index is 0.916. The van der Waals surface area contributed by atoms with E-state index in [2.05, 4.69) is 191 Å². The number of hydrogen-bond donors (Lipinski definition) is 0. The molecule has 1 nitrogen and oxygen atoms in total. The third kappa shape index (κ3) is 5.18. The molecule has 0 saturated heterocycles. The Kier molecular flexibility index (Phi) is 7.88. The summed E-state index contributed by atoms with van der Waals surface area (Å²) in [5.41, 5.74) is 18.8. The van der Waals surface area contributed by atoms with E-state index in [1.807, 2.05) is 12.1 Å². The van der Waals surface area contributed by atoms with E-state index in [9.17, 15) is 0 Å². The monoisotopic (exact) mass is 732 g/mol. The number of fused-ring (bicyclic) bond motifs is 8. The first-order chi connectivity index (χ1) is 28.4. The average molecular weight is 732 g/mol. The number of rotatable bonds is 4. The van der Waals surface area contributed by atoms with Gasteiger partial charge in [0.25, 0.3) is 0 Å². The highest BCUT2D eigenvalue weighted by atomic mass is 16.3. The van der Waals surface area contributed by atoms with Gasteiger partial charge in [-0.15, -0.1) is 16.4 Å². The topological polar surface area (TPSA) is 13.1 Å². The summed E-state index contributed by atoms with van der Waals surface area (Å²) in [6.07, 6.45) is 0. The molecule has 0 N–H and O–H groups in total. The second-order valence-corrected chi connectivity index (χ2v) is 16.1. The fourth-order valence-corrected chi connectivity index (χ4v) is 9.84. The van der Waals surface area contributed by atoms with Gasteiger partial charge >= 0.3 is 0 Å². The van der Waals surface area contributed by atoms with Crippen molar-refractivity contribution >= 4 is 132 Å². The maximum Gasteiger partial charge on any atom is 0.139 e. The maximum atomic E-state index is 6.19. The molecule has 0 atom stereocenters. The van der Waals surface area contributed by atoms with Crippen molar-refractivity contribution in [3.05, 3.63) is 164 Å². The van der Waals surface area contributed by atoms with Gasteiger partial charge in [0.2, 0.25) is 0 Å². The smallest absolute Gasteiger partial charge is 0.139 e. The molecule has 0 aliphatic carbocycles. The molecule has 0 aliphatic heterocycles. The lowest BCUT2D eigenvalue weighted by Crippen LogP contribution is -2.55. The minimum Gasteiger partial charge on any atom is -0.456 e. The van der Waals surface area contributed by atoms with Gasteiger partial charge in [-0.1, -0.05) is 144 Å². The predicted molar refractivity (Wildman–Crippen MR) is 266 cm³/mol. The predicted octanol–water partition coefficient (Wildman–Crippen LogP) is 6.16. The van der Waals surface area contributed by atoms with Crippen molar-refractivity contribution in [2.24, 2.45) is 0 Å². The largest absolute Gasteiger partial charge is 0.456 e. The summed E-state index contributed by atoms with van der Waals surface area (Å²) in [6, 6.07) is 60.3. The number of para-hydroxylation sites is 1. The van der Waals surface area contributed by atoms with E-state index in [0.29, 0.717) is 0 Å². The second kappa shape index (κ2) is 13.2. The Balaban J connectivity index is 1.05. The summed E-state index contributed by atoms with van der Waals surface area (Å²) >= 11 is 0. The van der Waals surface area contributed by atoms with Gasteiger partial charge in [0.1, 0.15) is 50.4 Å². The summed E-state index contributed by atoms with van der Waals surface area (Å²) in [4.78, 5) is 0. The Bertz CT molecular complexity index is 3420. The van der Waals surface area contributed by atoms with Gasteiger partial charge in [-0.05, 0) is 118 Å². The average Bonchev–Trinajstić information content (AvgIpc) is 3.65. The number of benzene rings is 10. The van der Waals surface area contributed by atoms with E-state index >= 15 is 0 Å². The summed E-state index contributed by atoms with van der Waals surface area (Å²) < 4.78 is 6.19. The van der Waals surface area contributed by atoms with Gasteiger partial charge in [-0.3, -0.25) is 0 Å². The van der Waals surface area contributed by atoms with Gasteiger partial charge < -0.3 is 4.42 Å². The zero-order chi connectivity index (χ0) is 39.2. The van der Waals surface area contributed by atoms with Crippen molar-refractivity contribution in [1.29, 1.82) is 0 Å². The van der Waals surface area contributed by atoms with Gasteiger partial charge in [0.05, 0.1) is 0 Å². The fourth-order valence-electron chi connectivity index (χ4n) is 9.84. The maximum absolute atomic E-state index is 6.19. The zero-order valence-electron chi connectivity index (χ0n) is 33.5. The van der Waals surface area contributed by atoms with Crippen LogP contribution in [0.3, 0.4) is 0 Å². The lowest BCUT2D eigenvalue weighted by atomic mass is 9.59. The van der Waals surface area contributed by atoms with Crippen LogP contribution in [0.1, 0.15) is 0 Å². The van der Waals surface area contributed by atoms with Crippen molar-refractivity contribution in [2.75, 3.05) is 0 Å². The molecule has 0 saturated carbocycles. The lowest BCUT2D eigenvalue weighted by molar-refractivity contribution is 0.669. The molecule has 58 heavy (non-hydrogen) atoms. The normalized spacial score (nSPS) is 11.8. The highest BCUT2D eigenvalue weighted by molar-refractivity contribution is 6.69. The third-order valence-electron chi connectivity index (χ3n) is 13.2. The minimum absolute atomic E-state index is 0.916. The Morgan fingerprint density at radius 3 is 1.41 bits per heavy atom. The summed E-state index contributed by atoms with van der Waals surface area (Å²) in [7, 11) is 11.4. The molecule has 11 rings (SSSR count). The highest BCUT2D eigenvalue weighted by Crippen LogP contribution is 2.44. The van der Waals surface area contributed by atoms with Gasteiger partial charge in [-0.2, -0.15) is 0 Å². The molecular weight excluding hydrogens is 695 g/mol. The molecule has 6 heteroatoms. The molecule has 0 amide bonds. The van der Waals surface area contributed by atoms with Crippen LogP contribution in [0.5, 0.6) is 0 Å². The molecule has 10 aromatic carbocycles. The van der Waals surface area contributed by atoms with Crippen molar-refractivity contribution < 1.29 is 4.42 Å². The van der Waals surface area contributed by atoms with E-state index in [1.165, 1.54) is 115 Å². The SMILES string of the molecule is Bc1c(B)c(B)c(-c2c3ccccc3c(-c3ccc(-c4ccc5c(c4)cc(-c4ccc6oc7ccccc7c6c4)c4ccccc45)cc3)c3ccccc23)c(B)c1B. The van der Waals surface area contributed by atoms with Crippen LogP contribution >= 0.6 is 0 Å². The standard InChI is InChI=1S/C52H37B5O/c53-48-47(49(54)51(56)52(57)50(48)55)46-39-14-5-3-12-37(39)45(38-13-4-6-15-40(38)46)29-19-17-28(18-20-29)30-21-23-33-32(25-30)27-41(35-10-2-1-9-34(33)35)31-22-24-44-42(26-31)36-11-7-8-16-43(36)58-44/h1-27H,53-57H2. The van der Waals surface area contributed by atoms with Crippen LogP contribution in [0.4, 0.5) is 0 Å². The van der Waals surface area contributed by atoms with Crippen molar-refractivity contribution in [3.8, 4) is 44.5 Å². The Labute approximate surface area is 342 Å². The van der Waals surface area contributed by atoms with Crippen LogP contribution < -0.4 is 27.3 Å². The molecule has 0 aliphatic rings. The first-order valence-electron chi connectivity index (χ1n) is 20.3. The van der Waals surface area contributed by atoms with Gasteiger partial charge in [0.15, 0.2) is 0 Å². The van der Waals surface area contributed by atoms with E-state index in [-0.39, 0.29) is 0 Å². The highest BCUT2D eigenvalue weighted by Gasteiger charge is 2.21. The van der Waals surface area contributed by atoms with Gasteiger partial charge in [0, 0.05) is 10.8 Å². The first kappa shape index (κ1) is 34.6. The van der Waals surface area contributed by atoms with Crippen LogP contribution in [0.15, 0.2) is 168 Å². The third-order valence-corrected chi connectivity index (χ3v) is 13.2. The Morgan fingerprint density at radius 1 is 0.276 bits per heavy atom. The fraction of sp³-hybridized carbons (Fsp3) is 0. The van der Waals surface area contributed by atoms with Gasteiger partial charge in [-0.25, -0.2) is 0 Å². The quantitative estimate of drug-likeness (QED) is 0.120.